The summed E-state index contributed by atoms with van der Waals surface area (Å²) in [4.78, 5) is 21.7. The van der Waals surface area contributed by atoms with E-state index in [4.69, 9.17) is 10.2 Å². The number of hydrogen-bond donors (Lipinski definition) is 3. The van der Waals surface area contributed by atoms with Gasteiger partial charge in [-0.15, -0.1) is 0 Å². The van der Waals surface area contributed by atoms with Crippen molar-refractivity contribution in [3.63, 3.8) is 0 Å². The van der Waals surface area contributed by atoms with Crippen molar-refractivity contribution in [1.29, 1.82) is 0 Å². The Morgan fingerprint density at radius 1 is 1.20 bits per heavy atom. The number of fused-ring (bicyclic) bond motifs is 1. The van der Waals surface area contributed by atoms with Crippen molar-refractivity contribution >= 4 is 11.9 Å². The molecule has 1 aliphatic carbocycles. The third-order valence-electron chi connectivity index (χ3n) is 3.71. The fourth-order valence-electron chi connectivity index (χ4n) is 2.68. The Morgan fingerprint density at radius 3 is 2.65 bits per heavy atom. The van der Waals surface area contributed by atoms with Crippen LogP contribution < -0.4 is 5.32 Å². The molecule has 0 aromatic heterocycles. The zero-order valence-electron chi connectivity index (χ0n) is 11.3. The molecule has 0 saturated heterocycles. The van der Waals surface area contributed by atoms with Crippen molar-refractivity contribution in [2.45, 2.75) is 44.7 Å². The summed E-state index contributed by atoms with van der Waals surface area (Å²) in [6.07, 6.45) is 4.02. The molecule has 2 rings (SSSR count). The lowest BCUT2D eigenvalue weighted by atomic mass is 9.88. The highest BCUT2D eigenvalue weighted by Gasteiger charge is 2.21. The predicted molar refractivity (Wildman–Crippen MR) is 73.6 cm³/mol. The normalized spacial score (nSPS) is 15.4. The van der Waals surface area contributed by atoms with Gasteiger partial charge in [0.1, 0.15) is 6.04 Å². The van der Waals surface area contributed by atoms with Crippen LogP contribution in [0.2, 0.25) is 0 Å². The molecule has 0 bridgehead atoms. The van der Waals surface area contributed by atoms with Gasteiger partial charge in [-0.05, 0) is 42.4 Å². The lowest BCUT2D eigenvalue weighted by Crippen LogP contribution is -2.38. The van der Waals surface area contributed by atoms with E-state index >= 15 is 0 Å². The lowest BCUT2D eigenvalue weighted by molar-refractivity contribution is -0.146. The topological polar surface area (TPSA) is 86.6 Å². The van der Waals surface area contributed by atoms with E-state index in [1.807, 2.05) is 12.1 Å². The van der Waals surface area contributed by atoms with Crippen molar-refractivity contribution in [3.05, 3.63) is 34.9 Å². The second-order valence-electron chi connectivity index (χ2n) is 5.13. The first kappa shape index (κ1) is 14.5. The fraction of sp³-hybridized carbons (Fsp3) is 0.467. The number of benzene rings is 1. The van der Waals surface area contributed by atoms with E-state index in [0.29, 0.717) is 6.54 Å². The largest absolute Gasteiger partial charge is 0.481 e. The third-order valence-corrected chi connectivity index (χ3v) is 3.71. The second-order valence-corrected chi connectivity index (χ2v) is 5.13. The molecule has 1 aromatic carbocycles. The summed E-state index contributed by atoms with van der Waals surface area (Å²) in [5.74, 6) is -2.24. The maximum absolute atomic E-state index is 11.0. The Hall–Kier alpha value is -1.88. The number of rotatable bonds is 6. The highest BCUT2D eigenvalue weighted by atomic mass is 16.4. The van der Waals surface area contributed by atoms with Crippen LogP contribution in [-0.4, -0.2) is 28.2 Å². The molecule has 0 saturated carbocycles. The van der Waals surface area contributed by atoms with Crippen molar-refractivity contribution in [3.8, 4) is 0 Å². The van der Waals surface area contributed by atoms with Crippen LogP contribution in [0.4, 0.5) is 0 Å². The summed E-state index contributed by atoms with van der Waals surface area (Å²) in [5, 5.41) is 20.6. The average molecular weight is 277 g/mol. The number of carboxylic acids is 2. The summed E-state index contributed by atoms with van der Waals surface area (Å²) in [7, 11) is 0. The van der Waals surface area contributed by atoms with E-state index in [-0.39, 0.29) is 0 Å². The van der Waals surface area contributed by atoms with Crippen molar-refractivity contribution in [1.82, 2.24) is 5.32 Å². The monoisotopic (exact) mass is 277 g/mol. The molecular formula is C15H19NO4. The van der Waals surface area contributed by atoms with Gasteiger partial charge in [0.2, 0.25) is 0 Å². The SMILES string of the molecule is O=C(O)C[C@@H](NCc1cccc2c1CCCC2)C(=O)O. The zero-order chi connectivity index (χ0) is 14.5. The first-order valence-electron chi connectivity index (χ1n) is 6.85. The van der Waals surface area contributed by atoms with E-state index in [1.54, 1.807) is 0 Å². The van der Waals surface area contributed by atoms with Crippen LogP contribution >= 0.6 is 0 Å². The van der Waals surface area contributed by atoms with E-state index in [9.17, 15) is 9.59 Å². The van der Waals surface area contributed by atoms with Gasteiger partial charge >= 0.3 is 11.9 Å². The summed E-state index contributed by atoms with van der Waals surface area (Å²) in [5.41, 5.74) is 3.71. The summed E-state index contributed by atoms with van der Waals surface area (Å²) >= 11 is 0. The molecule has 0 fully saturated rings. The Kier molecular flexibility index (Phi) is 4.74. The maximum atomic E-state index is 11.0. The number of carboxylic acid groups (broad SMARTS) is 2. The van der Waals surface area contributed by atoms with Crippen LogP contribution in [-0.2, 0) is 29.0 Å². The minimum atomic E-state index is -1.13. The number of nitrogens with one attached hydrogen (secondary N) is 1. The maximum Gasteiger partial charge on any atom is 0.321 e. The molecule has 0 aliphatic heterocycles. The number of carbonyl (C=O) groups is 2. The number of aryl methyl sites for hydroxylation is 1. The highest BCUT2D eigenvalue weighted by Crippen LogP contribution is 2.24. The van der Waals surface area contributed by atoms with Gasteiger partial charge in [-0.2, -0.15) is 0 Å². The molecule has 3 N–H and O–H groups in total. The van der Waals surface area contributed by atoms with Crippen LogP contribution in [0.15, 0.2) is 18.2 Å². The summed E-state index contributed by atoms with van der Waals surface area (Å²) < 4.78 is 0. The molecule has 5 nitrogen and oxygen atoms in total. The Balaban J connectivity index is 2.06. The number of hydrogen-bond acceptors (Lipinski definition) is 3. The highest BCUT2D eigenvalue weighted by molar-refractivity contribution is 5.80. The van der Waals surface area contributed by atoms with E-state index < -0.39 is 24.4 Å². The van der Waals surface area contributed by atoms with Gasteiger partial charge in [0, 0.05) is 6.54 Å². The molecular weight excluding hydrogens is 258 g/mol. The molecule has 1 aliphatic rings. The number of aliphatic carboxylic acids is 2. The zero-order valence-corrected chi connectivity index (χ0v) is 11.3. The van der Waals surface area contributed by atoms with Gasteiger partial charge in [-0.3, -0.25) is 14.9 Å². The summed E-state index contributed by atoms with van der Waals surface area (Å²) in [6, 6.07) is 5.03. The minimum absolute atomic E-state index is 0.396. The standard InChI is InChI=1S/C15H19NO4/c17-14(18)8-13(15(19)20)16-9-11-6-3-5-10-4-1-2-7-12(10)11/h3,5-6,13,16H,1-2,4,7-9H2,(H,17,18)(H,19,20)/t13-/m1/s1. The van der Waals surface area contributed by atoms with Gasteiger partial charge in [-0.1, -0.05) is 18.2 Å². The fourth-order valence-corrected chi connectivity index (χ4v) is 2.68. The van der Waals surface area contributed by atoms with Gasteiger partial charge in [0.15, 0.2) is 0 Å². The Labute approximate surface area is 117 Å². The molecule has 5 heteroatoms. The van der Waals surface area contributed by atoms with E-state index in [2.05, 4.69) is 11.4 Å². The van der Waals surface area contributed by atoms with Crippen molar-refractivity contribution < 1.29 is 19.8 Å². The van der Waals surface area contributed by atoms with Crippen LogP contribution in [0.25, 0.3) is 0 Å². The average Bonchev–Trinajstić information content (AvgIpc) is 2.42. The van der Waals surface area contributed by atoms with Crippen LogP contribution in [0.1, 0.15) is 36.0 Å². The van der Waals surface area contributed by atoms with E-state index in [1.165, 1.54) is 17.5 Å². The molecule has 108 valence electrons. The van der Waals surface area contributed by atoms with Crippen molar-refractivity contribution in [2.24, 2.45) is 0 Å². The Bertz CT molecular complexity index is 513. The van der Waals surface area contributed by atoms with E-state index in [0.717, 1.165) is 24.8 Å². The molecule has 0 amide bonds. The molecule has 0 radical (unpaired) electrons. The van der Waals surface area contributed by atoms with Crippen LogP contribution in [0.3, 0.4) is 0 Å². The van der Waals surface area contributed by atoms with Gasteiger partial charge in [0.25, 0.3) is 0 Å². The van der Waals surface area contributed by atoms with Crippen LogP contribution in [0, 0.1) is 0 Å². The van der Waals surface area contributed by atoms with Gasteiger partial charge < -0.3 is 10.2 Å². The minimum Gasteiger partial charge on any atom is -0.481 e. The van der Waals surface area contributed by atoms with Crippen LogP contribution in [0.5, 0.6) is 0 Å². The molecule has 0 spiro atoms. The second kappa shape index (κ2) is 6.52. The van der Waals surface area contributed by atoms with Crippen molar-refractivity contribution in [2.75, 3.05) is 0 Å². The first-order valence-corrected chi connectivity index (χ1v) is 6.85. The van der Waals surface area contributed by atoms with Gasteiger partial charge in [0.05, 0.1) is 6.42 Å². The van der Waals surface area contributed by atoms with Gasteiger partial charge in [-0.25, -0.2) is 0 Å². The summed E-state index contributed by atoms with van der Waals surface area (Å²) in [6.45, 7) is 0.396. The lowest BCUT2D eigenvalue weighted by Gasteiger charge is -2.20. The molecule has 20 heavy (non-hydrogen) atoms. The Morgan fingerprint density at radius 2 is 1.95 bits per heavy atom. The third kappa shape index (κ3) is 3.57. The molecule has 0 heterocycles. The smallest absolute Gasteiger partial charge is 0.321 e. The predicted octanol–water partition coefficient (Wildman–Crippen LogP) is 1.58. The molecule has 0 unspecified atom stereocenters. The quantitative estimate of drug-likeness (QED) is 0.735. The molecule has 1 aromatic rings. The first-order chi connectivity index (χ1) is 9.58. The molecule has 1 atom stereocenters.